The number of aromatic nitrogens is 2. The first kappa shape index (κ1) is 10.9. The first-order valence-electron chi connectivity index (χ1n) is 4.43. The molecule has 0 amide bonds. The predicted molar refractivity (Wildman–Crippen MR) is 63.9 cm³/mol. The van der Waals surface area contributed by atoms with E-state index in [1.165, 1.54) is 0 Å². The summed E-state index contributed by atoms with van der Waals surface area (Å²) in [6, 6.07) is 3.39. The lowest BCUT2D eigenvalue weighted by Crippen LogP contribution is -1.95. The molecule has 1 aromatic heterocycles. The van der Waals surface area contributed by atoms with E-state index in [4.69, 9.17) is 34.8 Å². The molecule has 0 aliphatic carbocycles. The molecule has 15 heavy (non-hydrogen) atoms. The molecule has 0 N–H and O–H groups in total. The van der Waals surface area contributed by atoms with Gasteiger partial charge in [0.1, 0.15) is 11.0 Å². The average Bonchev–Trinajstić information content (AvgIpc) is 2.23. The Labute approximate surface area is 102 Å². The third-order valence-electron chi connectivity index (χ3n) is 2.07. The Morgan fingerprint density at radius 3 is 2.40 bits per heavy atom. The highest BCUT2D eigenvalue weighted by Gasteiger charge is 2.11. The van der Waals surface area contributed by atoms with Gasteiger partial charge in [0.15, 0.2) is 0 Å². The van der Waals surface area contributed by atoms with E-state index < -0.39 is 0 Å². The minimum Gasteiger partial charge on any atom is -0.231 e. The summed E-state index contributed by atoms with van der Waals surface area (Å²) in [6.07, 6.45) is 0.707. The summed E-state index contributed by atoms with van der Waals surface area (Å²) in [4.78, 5) is 8.44. The van der Waals surface area contributed by atoms with Crippen molar-refractivity contribution in [3.05, 3.63) is 33.2 Å². The zero-order chi connectivity index (χ0) is 11.0. The third kappa shape index (κ3) is 1.89. The molecule has 0 spiro atoms. The van der Waals surface area contributed by atoms with Crippen LogP contribution < -0.4 is 0 Å². The highest BCUT2D eigenvalue weighted by Crippen LogP contribution is 2.32. The van der Waals surface area contributed by atoms with Gasteiger partial charge in [0.25, 0.3) is 0 Å². The molecule has 0 aliphatic rings. The van der Waals surface area contributed by atoms with E-state index in [-0.39, 0.29) is 0 Å². The number of fused-ring (bicyclic) bond motifs is 1. The van der Waals surface area contributed by atoms with Gasteiger partial charge in [0.05, 0.1) is 20.9 Å². The van der Waals surface area contributed by atoms with Crippen LogP contribution in [0.25, 0.3) is 10.9 Å². The number of hydrogen-bond acceptors (Lipinski definition) is 2. The number of rotatable bonds is 1. The van der Waals surface area contributed by atoms with Crippen molar-refractivity contribution in [1.29, 1.82) is 0 Å². The molecule has 1 heterocycles. The lowest BCUT2D eigenvalue weighted by Gasteiger charge is -2.05. The quantitative estimate of drug-likeness (QED) is 0.721. The maximum atomic E-state index is 6.02. The van der Waals surface area contributed by atoms with Crippen LogP contribution in [0.2, 0.25) is 15.2 Å². The van der Waals surface area contributed by atoms with Crippen LogP contribution in [0, 0.1) is 0 Å². The normalized spacial score (nSPS) is 10.9. The van der Waals surface area contributed by atoms with Crippen molar-refractivity contribution in [2.24, 2.45) is 0 Å². The maximum absolute atomic E-state index is 6.02. The highest BCUT2D eigenvalue weighted by molar-refractivity contribution is 6.44. The molecule has 0 fully saturated rings. The second kappa shape index (κ2) is 4.12. The SMILES string of the molecule is CCc1nc(Cl)c2c(Cl)ccc(Cl)c2n1. The number of hydrogen-bond donors (Lipinski definition) is 0. The first-order chi connectivity index (χ1) is 7.13. The number of benzene rings is 1. The predicted octanol–water partition coefficient (Wildman–Crippen LogP) is 4.15. The molecule has 2 aromatic rings. The molecule has 2 rings (SSSR count). The second-order valence-corrected chi connectivity index (χ2v) is 4.21. The monoisotopic (exact) mass is 260 g/mol. The summed E-state index contributed by atoms with van der Waals surface area (Å²) >= 11 is 18.1. The summed E-state index contributed by atoms with van der Waals surface area (Å²) in [5, 5.41) is 2.02. The van der Waals surface area contributed by atoms with Gasteiger partial charge in [-0.2, -0.15) is 0 Å². The van der Waals surface area contributed by atoms with Crippen LogP contribution in [0.1, 0.15) is 12.7 Å². The molecule has 0 saturated heterocycles. The van der Waals surface area contributed by atoms with Crippen molar-refractivity contribution in [3.8, 4) is 0 Å². The van der Waals surface area contributed by atoms with Gasteiger partial charge in [-0.25, -0.2) is 9.97 Å². The lowest BCUT2D eigenvalue weighted by molar-refractivity contribution is 0.961. The molecular weight excluding hydrogens is 254 g/mol. The van der Waals surface area contributed by atoms with E-state index in [0.717, 1.165) is 0 Å². The minimum atomic E-state index is 0.351. The molecule has 0 unspecified atom stereocenters. The summed E-state index contributed by atoms with van der Waals surface area (Å²) in [5.74, 6) is 0.664. The van der Waals surface area contributed by atoms with Crippen molar-refractivity contribution in [1.82, 2.24) is 9.97 Å². The van der Waals surface area contributed by atoms with E-state index in [9.17, 15) is 0 Å². The topological polar surface area (TPSA) is 25.8 Å². The number of aryl methyl sites for hydroxylation is 1. The third-order valence-corrected chi connectivity index (χ3v) is 2.96. The van der Waals surface area contributed by atoms with Crippen LogP contribution >= 0.6 is 34.8 Å². The number of nitrogens with zero attached hydrogens (tertiary/aromatic N) is 2. The Kier molecular flexibility index (Phi) is 3.01. The van der Waals surface area contributed by atoms with Crippen molar-refractivity contribution >= 4 is 45.7 Å². The molecule has 0 bridgehead atoms. The standard InChI is InChI=1S/C10H7Cl3N2/c1-2-7-14-9-6(12)4-3-5(11)8(9)10(13)15-7/h3-4H,2H2,1H3. The minimum absolute atomic E-state index is 0.351. The Hall–Kier alpha value is -0.570. The van der Waals surface area contributed by atoms with Crippen LogP contribution in [0.5, 0.6) is 0 Å². The number of halogens is 3. The Morgan fingerprint density at radius 1 is 1.07 bits per heavy atom. The fourth-order valence-electron chi connectivity index (χ4n) is 1.33. The molecule has 0 aliphatic heterocycles. The Bertz CT molecular complexity index is 526. The van der Waals surface area contributed by atoms with Crippen molar-refractivity contribution in [3.63, 3.8) is 0 Å². The van der Waals surface area contributed by atoms with E-state index >= 15 is 0 Å². The summed E-state index contributed by atoms with van der Waals surface area (Å²) in [5.41, 5.74) is 0.612. The zero-order valence-electron chi connectivity index (χ0n) is 7.89. The van der Waals surface area contributed by atoms with Gasteiger partial charge in [0.2, 0.25) is 0 Å². The summed E-state index contributed by atoms with van der Waals surface area (Å²) in [6.45, 7) is 1.95. The fraction of sp³-hybridized carbons (Fsp3) is 0.200. The molecule has 1 aromatic carbocycles. The van der Waals surface area contributed by atoms with E-state index in [1.807, 2.05) is 6.92 Å². The zero-order valence-corrected chi connectivity index (χ0v) is 10.2. The lowest BCUT2D eigenvalue weighted by atomic mass is 10.2. The van der Waals surface area contributed by atoms with Gasteiger partial charge in [-0.15, -0.1) is 0 Å². The molecule has 2 nitrogen and oxygen atoms in total. The van der Waals surface area contributed by atoms with E-state index in [2.05, 4.69) is 9.97 Å². The van der Waals surface area contributed by atoms with Crippen LogP contribution in [0.15, 0.2) is 12.1 Å². The van der Waals surface area contributed by atoms with E-state index in [1.54, 1.807) is 12.1 Å². The smallest absolute Gasteiger partial charge is 0.142 e. The maximum Gasteiger partial charge on any atom is 0.142 e. The average molecular weight is 262 g/mol. The van der Waals surface area contributed by atoms with Gasteiger partial charge >= 0.3 is 0 Å². The van der Waals surface area contributed by atoms with Gasteiger partial charge < -0.3 is 0 Å². The van der Waals surface area contributed by atoms with Crippen molar-refractivity contribution in [2.75, 3.05) is 0 Å². The molecular formula is C10H7Cl3N2. The summed E-state index contributed by atoms with van der Waals surface area (Å²) < 4.78 is 0. The van der Waals surface area contributed by atoms with Crippen LogP contribution in [-0.4, -0.2) is 9.97 Å². The fourth-order valence-corrected chi connectivity index (χ4v) is 2.11. The highest BCUT2D eigenvalue weighted by atomic mass is 35.5. The molecule has 0 atom stereocenters. The van der Waals surface area contributed by atoms with Crippen molar-refractivity contribution < 1.29 is 0 Å². The summed E-state index contributed by atoms with van der Waals surface area (Å²) in [7, 11) is 0. The van der Waals surface area contributed by atoms with Crippen LogP contribution in [0.4, 0.5) is 0 Å². The van der Waals surface area contributed by atoms with Gasteiger partial charge in [0, 0.05) is 6.42 Å². The van der Waals surface area contributed by atoms with Gasteiger partial charge in [-0.3, -0.25) is 0 Å². The molecule has 0 saturated carbocycles. The largest absolute Gasteiger partial charge is 0.231 e. The van der Waals surface area contributed by atoms with Crippen LogP contribution in [-0.2, 0) is 6.42 Å². The Balaban J connectivity index is 2.90. The van der Waals surface area contributed by atoms with Crippen molar-refractivity contribution in [2.45, 2.75) is 13.3 Å². The Morgan fingerprint density at radius 2 is 1.73 bits per heavy atom. The molecule has 5 heteroatoms. The molecule has 78 valence electrons. The first-order valence-corrected chi connectivity index (χ1v) is 5.57. The van der Waals surface area contributed by atoms with Gasteiger partial charge in [-0.05, 0) is 12.1 Å². The van der Waals surface area contributed by atoms with E-state index in [0.29, 0.717) is 38.3 Å². The molecule has 0 radical (unpaired) electrons. The van der Waals surface area contributed by atoms with Crippen LogP contribution in [0.3, 0.4) is 0 Å². The van der Waals surface area contributed by atoms with Gasteiger partial charge in [-0.1, -0.05) is 41.7 Å². The second-order valence-electron chi connectivity index (χ2n) is 3.04.